The molecule has 3 rings (SSSR count). The van der Waals surface area contributed by atoms with Crippen molar-refractivity contribution in [2.45, 2.75) is 44.0 Å². The van der Waals surface area contributed by atoms with Gasteiger partial charge in [-0.15, -0.1) is 4.40 Å². The molecule has 2 aliphatic heterocycles. The molecule has 0 aromatic heterocycles. The molecule has 0 saturated carbocycles. The van der Waals surface area contributed by atoms with E-state index in [1.807, 2.05) is 24.8 Å². The minimum atomic E-state index is -3.59. The van der Waals surface area contributed by atoms with Crippen LogP contribution in [0.4, 0.5) is 0 Å². The molecule has 1 N–H and O–H groups in total. The average Bonchev–Trinajstić information content (AvgIpc) is 2.87. The first-order valence-electron chi connectivity index (χ1n) is 8.42. The van der Waals surface area contributed by atoms with E-state index >= 15 is 0 Å². The molecule has 1 atom stereocenters. The van der Waals surface area contributed by atoms with Gasteiger partial charge in [-0.1, -0.05) is 19.1 Å². The Kier molecular flexibility index (Phi) is 4.62. The van der Waals surface area contributed by atoms with E-state index in [-0.39, 0.29) is 22.8 Å². The van der Waals surface area contributed by atoms with Gasteiger partial charge in [0, 0.05) is 30.6 Å². The summed E-state index contributed by atoms with van der Waals surface area (Å²) in [5.74, 6) is 0.612. The third-order valence-electron chi connectivity index (χ3n) is 4.78. The summed E-state index contributed by atoms with van der Waals surface area (Å²) in [5, 5.41) is 3.03. The Balaban J connectivity index is 1.69. The van der Waals surface area contributed by atoms with Crippen molar-refractivity contribution >= 4 is 21.8 Å². The van der Waals surface area contributed by atoms with E-state index < -0.39 is 10.0 Å². The molecule has 1 aromatic carbocycles. The highest BCUT2D eigenvalue weighted by molar-refractivity contribution is 7.90. The third-order valence-corrected chi connectivity index (χ3v) is 6.10. The number of carbonyl (C=O) groups excluding carboxylic acids is 1. The lowest BCUT2D eigenvalue weighted by molar-refractivity contribution is -0.126. The summed E-state index contributed by atoms with van der Waals surface area (Å²) in [7, 11) is -3.59. The number of nitrogens with zero attached hydrogens (tertiary/aromatic N) is 2. The summed E-state index contributed by atoms with van der Waals surface area (Å²) in [4.78, 5) is 14.5. The predicted molar refractivity (Wildman–Crippen MR) is 92.4 cm³/mol. The van der Waals surface area contributed by atoms with Crippen molar-refractivity contribution in [2.75, 3.05) is 13.1 Å². The van der Waals surface area contributed by atoms with Crippen LogP contribution in [0, 0.1) is 5.92 Å². The van der Waals surface area contributed by atoms with Crippen LogP contribution in [-0.4, -0.2) is 44.2 Å². The summed E-state index contributed by atoms with van der Waals surface area (Å²) in [6, 6.07) is 7.10. The first-order chi connectivity index (χ1) is 11.4. The minimum Gasteiger partial charge on any atom is -0.355 e. The molecular formula is C17H23N3O3S. The first-order valence-corrected chi connectivity index (χ1v) is 9.86. The van der Waals surface area contributed by atoms with Crippen LogP contribution in [0.15, 0.2) is 33.6 Å². The number of hydrogen-bond acceptors (Lipinski definition) is 4. The van der Waals surface area contributed by atoms with Gasteiger partial charge in [0.15, 0.2) is 5.84 Å². The second kappa shape index (κ2) is 6.55. The van der Waals surface area contributed by atoms with E-state index in [0.29, 0.717) is 37.3 Å². The topological polar surface area (TPSA) is 78.8 Å². The quantitative estimate of drug-likeness (QED) is 0.902. The molecule has 1 aromatic rings. The molecule has 0 spiro atoms. The maximum atomic E-state index is 12.2. The van der Waals surface area contributed by atoms with Crippen LogP contribution >= 0.6 is 0 Å². The van der Waals surface area contributed by atoms with Crippen molar-refractivity contribution in [1.29, 1.82) is 0 Å². The van der Waals surface area contributed by atoms with E-state index in [0.717, 1.165) is 6.42 Å². The number of amidine groups is 1. The van der Waals surface area contributed by atoms with Gasteiger partial charge in [-0.25, -0.2) is 0 Å². The fraction of sp³-hybridized carbons (Fsp3) is 0.529. The Labute approximate surface area is 143 Å². The SMILES string of the molecule is CC[C@H](C)NC(=O)C1CCN(C2=NS(=O)(=O)c3ccccc32)CC1. The van der Waals surface area contributed by atoms with Gasteiger partial charge >= 0.3 is 0 Å². The summed E-state index contributed by atoms with van der Waals surface area (Å²) in [6.45, 7) is 5.33. The highest BCUT2D eigenvalue weighted by atomic mass is 32.2. The van der Waals surface area contributed by atoms with Crippen molar-refractivity contribution < 1.29 is 13.2 Å². The molecule has 0 bridgehead atoms. The molecular weight excluding hydrogens is 326 g/mol. The number of rotatable bonds is 3. The van der Waals surface area contributed by atoms with Crippen LogP contribution in [0.5, 0.6) is 0 Å². The fourth-order valence-electron chi connectivity index (χ4n) is 3.13. The van der Waals surface area contributed by atoms with E-state index in [1.54, 1.807) is 18.2 Å². The standard InChI is InChI=1S/C17H23N3O3S/c1-3-12(2)18-17(21)13-8-10-20(11-9-13)16-14-6-4-5-7-15(14)24(22,23)19-16/h4-7,12-13H,3,8-11H2,1-2H3,(H,18,21)/t12-/m0/s1. The molecule has 2 aliphatic rings. The highest BCUT2D eigenvalue weighted by Crippen LogP contribution is 2.29. The van der Waals surface area contributed by atoms with Crippen LogP contribution < -0.4 is 5.32 Å². The second-order valence-corrected chi connectivity index (χ2v) is 8.04. The van der Waals surface area contributed by atoms with Gasteiger partial charge in [0.2, 0.25) is 5.91 Å². The Morgan fingerprint density at radius 1 is 1.33 bits per heavy atom. The number of fused-ring (bicyclic) bond motifs is 1. The fourth-order valence-corrected chi connectivity index (χ4v) is 4.36. The number of benzene rings is 1. The van der Waals surface area contributed by atoms with E-state index in [2.05, 4.69) is 9.71 Å². The van der Waals surface area contributed by atoms with Crippen LogP contribution in [0.1, 0.15) is 38.7 Å². The lowest BCUT2D eigenvalue weighted by Crippen LogP contribution is -2.44. The lowest BCUT2D eigenvalue weighted by atomic mass is 9.95. The van der Waals surface area contributed by atoms with Crippen LogP contribution in [0.2, 0.25) is 0 Å². The molecule has 1 amide bonds. The number of sulfonamides is 1. The van der Waals surface area contributed by atoms with Gasteiger partial charge in [0.1, 0.15) is 4.90 Å². The number of amides is 1. The van der Waals surface area contributed by atoms with E-state index in [9.17, 15) is 13.2 Å². The van der Waals surface area contributed by atoms with Crippen molar-refractivity contribution in [1.82, 2.24) is 10.2 Å². The van der Waals surface area contributed by atoms with Gasteiger partial charge in [-0.3, -0.25) is 4.79 Å². The van der Waals surface area contributed by atoms with Crippen molar-refractivity contribution in [2.24, 2.45) is 10.3 Å². The zero-order chi connectivity index (χ0) is 17.3. The third kappa shape index (κ3) is 3.17. The van der Waals surface area contributed by atoms with Gasteiger partial charge in [0.05, 0.1) is 0 Å². The largest absolute Gasteiger partial charge is 0.355 e. The summed E-state index contributed by atoms with van der Waals surface area (Å²) in [6.07, 6.45) is 2.34. The van der Waals surface area contributed by atoms with Gasteiger partial charge in [-0.2, -0.15) is 8.42 Å². The maximum absolute atomic E-state index is 12.2. The predicted octanol–water partition coefficient (Wildman–Crippen LogP) is 1.76. The molecule has 1 saturated heterocycles. The van der Waals surface area contributed by atoms with Crippen LogP contribution in [0.3, 0.4) is 0 Å². The van der Waals surface area contributed by atoms with Gasteiger partial charge in [-0.05, 0) is 38.3 Å². The molecule has 0 aliphatic carbocycles. The minimum absolute atomic E-state index is 0.0101. The first kappa shape index (κ1) is 17.0. The monoisotopic (exact) mass is 349 g/mol. The molecule has 0 unspecified atom stereocenters. The maximum Gasteiger partial charge on any atom is 0.285 e. The van der Waals surface area contributed by atoms with Gasteiger partial charge < -0.3 is 10.2 Å². The highest BCUT2D eigenvalue weighted by Gasteiger charge is 2.34. The normalized spacial score (nSPS) is 21.1. The molecule has 7 heteroatoms. The second-order valence-electron chi connectivity index (χ2n) is 6.47. The Morgan fingerprint density at radius 3 is 2.67 bits per heavy atom. The zero-order valence-corrected chi connectivity index (χ0v) is 14.8. The summed E-state index contributed by atoms with van der Waals surface area (Å²) < 4.78 is 28.3. The van der Waals surface area contributed by atoms with Crippen LogP contribution in [-0.2, 0) is 14.8 Å². The molecule has 1 fully saturated rings. The lowest BCUT2D eigenvalue weighted by Gasteiger charge is -2.33. The number of carbonyl (C=O) groups is 1. The molecule has 24 heavy (non-hydrogen) atoms. The molecule has 6 nitrogen and oxygen atoms in total. The van der Waals surface area contributed by atoms with E-state index in [4.69, 9.17) is 0 Å². The smallest absolute Gasteiger partial charge is 0.285 e. The number of nitrogens with one attached hydrogen (secondary N) is 1. The average molecular weight is 349 g/mol. The van der Waals surface area contributed by atoms with Crippen molar-refractivity contribution in [3.63, 3.8) is 0 Å². The van der Waals surface area contributed by atoms with Crippen molar-refractivity contribution in [3.8, 4) is 0 Å². The number of piperidine rings is 1. The van der Waals surface area contributed by atoms with Crippen molar-refractivity contribution in [3.05, 3.63) is 29.8 Å². The summed E-state index contributed by atoms with van der Waals surface area (Å²) in [5.41, 5.74) is 0.667. The molecule has 0 radical (unpaired) electrons. The Bertz CT molecular complexity index is 765. The number of hydrogen-bond donors (Lipinski definition) is 1. The van der Waals surface area contributed by atoms with E-state index in [1.165, 1.54) is 0 Å². The molecule has 2 heterocycles. The number of likely N-dealkylation sites (tertiary alicyclic amines) is 1. The molecule has 130 valence electrons. The Morgan fingerprint density at radius 2 is 2.00 bits per heavy atom. The Hall–Kier alpha value is -1.89. The van der Waals surface area contributed by atoms with Gasteiger partial charge in [0.25, 0.3) is 10.0 Å². The van der Waals surface area contributed by atoms with Crippen LogP contribution in [0.25, 0.3) is 0 Å². The summed E-state index contributed by atoms with van der Waals surface area (Å²) >= 11 is 0. The zero-order valence-electron chi connectivity index (χ0n) is 14.0.